The third-order valence-corrected chi connectivity index (χ3v) is 3.79. The number of fused-ring (bicyclic) bond motifs is 1. The van der Waals surface area contributed by atoms with Crippen LogP contribution >= 0.6 is 11.3 Å². The van der Waals surface area contributed by atoms with E-state index in [0.717, 1.165) is 15.9 Å². The molecule has 0 aliphatic heterocycles. The van der Waals surface area contributed by atoms with Crippen molar-refractivity contribution in [3.63, 3.8) is 0 Å². The van der Waals surface area contributed by atoms with Gasteiger partial charge in [0.25, 0.3) is 0 Å². The number of nitrogens with two attached hydrogens (primary N) is 1. The van der Waals surface area contributed by atoms with Gasteiger partial charge in [0.1, 0.15) is 0 Å². The average molecular weight is 263 g/mol. The fraction of sp³-hybridized carbons (Fsp3) is 0.385. The van der Waals surface area contributed by atoms with E-state index >= 15 is 0 Å². The number of hydrogen-bond acceptors (Lipinski definition) is 4. The highest BCUT2D eigenvalue weighted by Crippen LogP contribution is 2.22. The number of anilines is 1. The van der Waals surface area contributed by atoms with Crippen LogP contribution in [0.3, 0.4) is 0 Å². The number of aromatic nitrogens is 1. The normalized spacial score (nSPS) is 12.9. The molecule has 96 valence electrons. The Morgan fingerprint density at radius 2 is 2.28 bits per heavy atom. The Morgan fingerprint density at radius 1 is 1.50 bits per heavy atom. The maximum atomic E-state index is 12.1. The van der Waals surface area contributed by atoms with E-state index in [1.807, 2.05) is 32.0 Å². The van der Waals surface area contributed by atoms with Crippen molar-refractivity contribution in [1.82, 2.24) is 4.98 Å². The van der Waals surface area contributed by atoms with Gasteiger partial charge < -0.3 is 11.1 Å². The van der Waals surface area contributed by atoms with Gasteiger partial charge in [-0.2, -0.15) is 0 Å². The van der Waals surface area contributed by atoms with Gasteiger partial charge in [-0.3, -0.25) is 4.79 Å². The molecular formula is C13H17N3OS. The first-order valence-corrected chi connectivity index (χ1v) is 6.84. The zero-order valence-electron chi connectivity index (χ0n) is 10.5. The number of nitrogens with one attached hydrogen (secondary N) is 1. The molecule has 1 unspecified atom stereocenters. The highest BCUT2D eigenvalue weighted by Gasteiger charge is 2.20. The topological polar surface area (TPSA) is 68.0 Å². The molecule has 0 spiro atoms. The second-order valence-electron chi connectivity index (χ2n) is 4.61. The molecule has 3 N–H and O–H groups in total. The van der Waals surface area contributed by atoms with Gasteiger partial charge >= 0.3 is 0 Å². The fourth-order valence-electron chi connectivity index (χ4n) is 1.85. The maximum absolute atomic E-state index is 12.1. The van der Waals surface area contributed by atoms with Crippen LogP contribution in [0.25, 0.3) is 10.2 Å². The molecule has 2 rings (SSSR count). The molecule has 1 aromatic heterocycles. The number of carbonyl (C=O) groups is 1. The molecule has 0 saturated heterocycles. The largest absolute Gasteiger partial charge is 0.330 e. The molecule has 1 heterocycles. The van der Waals surface area contributed by atoms with Gasteiger partial charge in [-0.05, 0) is 24.1 Å². The van der Waals surface area contributed by atoms with Crippen LogP contribution in [0.1, 0.15) is 13.8 Å². The van der Waals surface area contributed by atoms with E-state index in [1.54, 1.807) is 16.8 Å². The quantitative estimate of drug-likeness (QED) is 0.890. The Labute approximate surface area is 110 Å². The minimum atomic E-state index is -0.151. The molecule has 1 aromatic carbocycles. The molecule has 4 nitrogen and oxygen atoms in total. The third kappa shape index (κ3) is 2.68. The molecule has 0 fully saturated rings. The maximum Gasteiger partial charge on any atom is 0.229 e. The first kappa shape index (κ1) is 13.0. The van der Waals surface area contributed by atoms with Crippen molar-refractivity contribution in [3.05, 3.63) is 23.7 Å². The minimum Gasteiger partial charge on any atom is -0.330 e. The van der Waals surface area contributed by atoms with Crippen molar-refractivity contribution in [1.29, 1.82) is 0 Å². The molecule has 0 aliphatic carbocycles. The van der Waals surface area contributed by atoms with Gasteiger partial charge in [-0.25, -0.2) is 4.98 Å². The van der Waals surface area contributed by atoms with Crippen LogP contribution in [-0.4, -0.2) is 17.4 Å². The van der Waals surface area contributed by atoms with Gasteiger partial charge in [0, 0.05) is 12.2 Å². The first-order chi connectivity index (χ1) is 8.61. The second kappa shape index (κ2) is 5.46. The minimum absolute atomic E-state index is 0.0173. The number of nitrogens with zero attached hydrogens (tertiary/aromatic N) is 1. The number of benzene rings is 1. The zero-order chi connectivity index (χ0) is 13.1. The van der Waals surface area contributed by atoms with Gasteiger partial charge in [0.15, 0.2) is 0 Å². The second-order valence-corrected chi connectivity index (χ2v) is 5.50. The first-order valence-electron chi connectivity index (χ1n) is 5.96. The third-order valence-electron chi connectivity index (χ3n) is 2.99. The Kier molecular flexibility index (Phi) is 3.93. The van der Waals surface area contributed by atoms with Gasteiger partial charge in [-0.1, -0.05) is 13.8 Å². The van der Waals surface area contributed by atoms with Gasteiger partial charge in [0.2, 0.25) is 5.91 Å². The summed E-state index contributed by atoms with van der Waals surface area (Å²) in [4.78, 5) is 16.3. The lowest BCUT2D eigenvalue weighted by Gasteiger charge is -2.18. The van der Waals surface area contributed by atoms with E-state index in [9.17, 15) is 4.79 Å². The number of amides is 1. The van der Waals surface area contributed by atoms with Crippen molar-refractivity contribution in [2.45, 2.75) is 13.8 Å². The molecule has 2 aromatic rings. The molecule has 5 heteroatoms. The lowest BCUT2D eigenvalue weighted by Crippen LogP contribution is -2.33. The molecule has 0 saturated carbocycles. The highest BCUT2D eigenvalue weighted by atomic mass is 32.1. The molecule has 0 aliphatic rings. The predicted octanol–water partition coefficient (Wildman–Crippen LogP) is 2.47. The monoisotopic (exact) mass is 263 g/mol. The highest BCUT2D eigenvalue weighted by molar-refractivity contribution is 7.16. The molecule has 18 heavy (non-hydrogen) atoms. The van der Waals surface area contributed by atoms with Crippen LogP contribution in [0, 0.1) is 11.8 Å². The number of hydrogen-bond donors (Lipinski definition) is 2. The summed E-state index contributed by atoms with van der Waals surface area (Å²) < 4.78 is 1.07. The van der Waals surface area contributed by atoms with E-state index in [0.29, 0.717) is 6.54 Å². The summed E-state index contributed by atoms with van der Waals surface area (Å²) in [5, 5.41) is 2.92. The van der Waals surface area contributed by atoms with E-state index in [2.05, 4.69) is 10.3 Å². The summed E-state index contributed by atoms with van der Waals surface area (Å²) in [7, 11) is 0. The van der Waals surface area contributed by atoms with Crippen molar-refractivity contribution < 1.29 is 4.79 Å². The number of thiazole rings is 1. The molecule has 0 bridgehead atoms. The summed E-state index contributed by atoms with van der Waals surface area (Å²) in [5.74, 6) is 0.0701. The standard InChI is InChI=1S/C13H17N3OS/c1-8(2)10(6-14)13(17)16-9-3-4-11-12(5-9)18-7-15-11/h3-5,7-8,10H,6,14H2,1-2H3,(H,16,17). The van der Waals surface area contributed by atoms with Crippen LogP contribution < -0.4 is 11.1 Å². The Hall–Kier alpha value is -1.46. The van der Waals surface area contributed by atoms with Crippen LogP contribution in [0.5, 0.6) is 0 Å². The molecular weight excluding hydrogens is 246 g/mol. The van der Waals surface area contributed by atoms with E-state index in [4.69, 9.17) is 5.73 Å². The number of rotatable bonds is 4. The van der Waals surface area contributed by atoms with Crippen LogP contribution in [-0.2, 0) is 4.79 Å². The van der Waals surface area contributed by atoms with Crippen molar-refractivity contribution in [2.75, 3.05) is 11.9 Å². The molecule has 0 radical (unpaired) electrons. The summed E-state index contributed by atoms with van der Waals surface area (Å²) in [6, 6.07) is 5.72. The number of carbonyl (C=O) groups excluding carboxylic acids is 1. The van der Waals surface area contributed by atoms with Gasteiger partial charge in [-0.15, -0.1) is 11.3 Å². The fourth-order valence-corrected chi connectivity index (χ4v) is 2.57. The Bertz CT molecular complexity index is 550. The van der Waals surface area contributed by atoms with Crippen molar-refractivity contribution in [2.24, 2.45) is 17.6 Å². The van der Waals surface area contributed by atoms with E-state index < -0.39 is 0 Å². The summed E-state index contributed by atoms with van der Waals surface area (Å²) in [6.07, 6.45) is 0. The van der Waals surface area contributed by atoms with Crippen molar-refractivity contribution >= 4 is 33.1 Å². The smallest absolute Gasteiger partial charge is 0.229 e. The lowest BCUT2D eigenvalue weighted by atomic mass is 9.95. The van der Waals surface area contributed by atoms with Crippen molar-refractivity contribution in [3.8, 4) is 0 Å². The zero-order valence-corrected chi connectivity index (χ0v) is 11.3. The van der Waals surface area contributed by atoms with Crippen LogP contribution in [0.4, 0.5) is 5.69 Å². The summed E-state index contributed by atoms with van der Waals surface area (Å²) in [6.45, 7) is 4.37. The molecule has 1 atom stereocenters. The Balaban J connectivity index is 2.15. The summed E-state index contributed by atoms with van der Waals surface area (Å²) >= 11 is 1.56. The molecule has 1 amide bonds. The van der Waals surface area contributed by atoms with E-state index in [-0.39, 0.29) is 17.7 Å². The van der Waals surface area contributed by atoms with Crippen LogP contribution in [0.15, 0.2) is 23.7 Å². The van der Waals surface area contributed by atoms with Gasteiger partial charge in [0.05, 0.1) is 21.6 Å². The average Bonchev–Trinajstić information content (AvgIpc) is 2.76. The summed E-state index contributed by atoms with van der Waals surface area (Å²) in [5.41, 5.74) is 9.19. The predicted molar refractivity (Wildman–Crippen MR) is 75.6 cm³/mol. The van der Waals surface area contributed by atoms with Crippen LogP contribution in [0.2, 0.25) is 0 Å². The van der Waals surface area contributed by atoms with E-state index in [1.165, 1.54) is 0 Å². The Morgan fingerprint density at radius 3 is 2.94 bits per heavy atom. The SMILES string of the molecule is CC(C)C(CN)C(=O)Nc1ccc2ncsc2c1. The lowest BCUT2D eigenvalue weighted by molar-refractivity contribution is -0.120.